The van der Waals surface area contributed by atoms with E-state index < -0.39 is 23.7 Å². The summed E-state index contributed by atoms with van der Waals surface area (Å²) in [5, 5.41) is 12.0. The molecule has 7 nitrogen and oxygen atoms in total. The first-order valence-electron chi connectivity index (χ1n) is 8.00. The number of imidazole rings is 1. The molecule has 0 radical (unpaired) electrons. The maximum atomic E-state index is 13.3. The molecular weight excluding hydrogens is 371 g/mol. The molecule has 136 valence electrons. The molecule has 0 aliphatic heterocycles. The summed E-state index contributed by atoms with van der Waals surface area (Å²) in [5.41, 5.74) is 3.67. The van der Waals surface area contributed by atoms with E-state index in [-0.39, 0.29) is 6.42 Å². The largest absolute Gasteiger partial charge is 0.480 e. The first-order valence-corrected chi connectivity index (χ1v) is 8.88. The van der Waals surface area contributed by atoms with E-state index in [4.69, 9.17) is 0 Å². The van der Waals surface area contributed by atoms with Crippen molar-refractivity contribution in [1.29, 1.82) is 0 Å². The van der Waals surface area contributed by atoms with Crippen LogP contribution in [0.5, 0.6) is 0 Å². The van der Waals surface area contributed by atoms with Crippen LogP contribution in [0.3, 0.4) is 0 Å². The highest BCUT2D eigenvalue weighted by Crippen LogP contribution is 2.19. The van der Waals surface area contributed by atoms with Crippen LogP contribution in [0.2, 0.25) is 0 Å². The van der Waals surface area contributed by atoms with Crippen molar-refractivity contribution in [3.63, 3.8) is 0 Å². The molecule has 2 aromatic heterocycles. The average molecular weight is 384 g/mol. The Balaban J connectivity index is 1.54. The van der Waals surface area contributed by atoms with Gasteiger partial charge in [0.15, 0.2) is 0 Å². The van der Waals surface area contributed by atoms with E-state index in [1.807, 2.05) is 0 Å². The molecule has 0 aliphatic carbocycles. The Hall–Kier alpha value is -3.33. The maximum absolute atomic E-state index is 13.3. The molecule has 3 N–H and O–H groups in total. The number of carbonyl (C=O) groups is 2. The third-order valence-corrected chi connectivity index (χ3v) is 4.90. The number of hydrogen-bond donors (Lipinski definition) is 3. The quantitative estimate of drug-likeness (QED) is 0.490. The molecule has 0 bridgehead atoms. The topological polar surface area (TPSA) is 108 Å². The molecule has 0 spiro atoms. The van der Waals surface area contributed by atoms with Crippen LogP contribution in [0.1, 0.15) is 16.2 Å². The molecule has 1 amide bonds. The number of aliphatic carboxylic acids is 1. The van der Waals surface area contributed by atoms with Crippen molar-refractivity contribution in [2.24, 2.45) is 0 Å². The summed E-state index contributed by atoms with van der Waals surface area (Å²) in [6.07, 6.45) is -0.0592. The zero-order valence-corrected chi connectivity index (χ0v) is 14.6. The standard InChI is InChI=1S/C18H13FN4O3S/c19-10-2-3-11-12(6-10)22-16(21-11)7-14(18(25)26)23-17(24)9-1-4-15-13(5-9)20-8-27-15/h1-6,8,14H,7H2,(H,21,22)(H,23,24)(H,25,26)/t14-/m1/s1. The van der Waals surface area contributed by atoms with E-state index in [0.29, 0.717) is 27.9 Å². The molecular formula is C18H13FN4O3S. The Labute approximate surface area is 155 Å². The fourth-order valence-corrected chi connectivity index (χ4v) is 3.42. The van der Waals surface area contributed by atoms with E-state index >= 15 is 0 Å². The van der Waals surface area contributed by atoms with E-state index in [9.17, 15) is 19.1 Å². The molecule has 4 rings (SSSR count). The number of hydrogen-bond acceptors (Lipinski definition) is 5. The maximum Gasteiger partial charge on any atom is 0.326 e. The van der Waals surface area contributed by atoms with Gasteiger partial charge in [-0.25, -0.2) is 19.2 Å². The summed E-state index contributed by atoms with van der Waals surface area (Å²) in [5.74, 6) is -1.78. The number of carbonyl (C=O) groups excluding carboxylic acids is 1. The van der Waals surface area contributed by atoms with Crippen LogP contribution in [-0.2, 0) is 11.2 Å². The number of carboxylic acids is 1. The predicted molar refractivity (Wildman–Crippen MR) is 98.3 cm³/mol. The van der Waals surface area contributed by atoms with Crippen molar-refractivity contribution >= 4 is 44.5 Å². The molecule has 0 saturated carbocycles. The monoisotopic (exact) mass is 384 g/mol. The molecule has 4 aromatic rings. The molecule has 9 heteroatoms. The number of fused-ring (bicyclic) bond motifs is 2. The lowest BCUT2D eigenvalue weighted by molar-refractivity contribution is -0.139. The Kier molecular flexibility index (Phi) is 4.28. The number of halogens is 1. The summed E-state index contributed by atoms with van der Waals surface area (Å²) in [6.45, 7) is 0. The molecule has 0 fully saturated rings. The van der Waals surface area contributed by atoms with Crippen LogP contribution in [0, 0.1) is 5.82 Å². The zero-order valence-electron chi connectivity index (χ0n) is 13.8. The SMILES string of the molecule is O=C(N[C@H](Cc1nc2ccc(F)cc2[nH]1)C(=O)O)c1ccc2scnc2c1. The van der Waals surface area contributed by atoms with Gasteiger partial charge >= 0.3 is 5.97 Å². The van der Waals surface area contributed by atoms with Crippen molar-refractivity contribution in [2.75, 3.05) is 0 Å². The summed E-state index contributed by atoms with van der Waals surface area (Å²) < 4.78 is 14.2. The second-order valence-electron chi connectivity index (χ2n) is 5.95. The molecule has 2 heterocycles. The lowest BCUT2D eigenvalue weighted by Gasteiger charge is -2.13. The zero-order chi connectivity index (χ0) is 19.0. The van der Waals surface area contributed by atoms with E-state index in [2.05, 4.69) is 20.3 Å². The fraction of sp³-hybridized carbons (Fsp3) is 0.111. The minimum absolute atomic E-state index is 0.0592. The van der Waals surface area contributed by atoms with E-state index in [1.165, 1.54) is 29.5 Å². The van der Waals surface area contributed by atoms with E-state index in [0.717, 1.165) is 4.70 Å². The predicted octanol–water partition coefficient (Wildman–Crippen LogP) is 2.74. The van der Waals surface area contributed by atoms with Crippen molar-refractivity contribution in [3.05, 3.63) is 59.1 Å². The van der Waals surface area contributed by atoms with Crippen molar-refractivity contribution in [2.45, 2.75) is 12.5 Å². The summed E-state index contributed by atoms with van der Waals surface area (Å²) >= 11 is 1.46. The number of thiazole rings is 1. The third-order valence-electron chi connectivity index (χ3n) is 4.09. The van der Waals surface area contributed by atoms with Gasteiger partial charge in [-0.2, -0.15) is 0 Å². The van der Waals surface area contributed by atoms with Gasteiger partial charge in [0.1, 0.15) is 17.7 Å². The highest BCUT2D eigenvalue weighted by Gasteiger charge is 2.23. The van der Waals surface area contributed by atoms with Gasteiger partial charge < -0.3 is 15.4 Å². The van der Waals surface area contributed by atoms with Crippen molar-refractivity contribution in [3.8, 4) is 0 Å². The van der Waals surface area contributed by atoms with Crippen molar-refractivity contribution < 1.29 is 19.1 Å². The Bertz CT molecular complexity index is 1170. The number of amides is 1. The van der Waals surface area contributed by atoms with Gasteiger partial charge in [0.2, 0.25) is 0 Å². The molecule has 27 heavy (non-hydrogen) atoms. The van der Waals surface area contributed by atoms with Crippen LogP contribution in [0.25, 0.3) is 21.3 Å². The van der Waals surface area contributed by atoms with Crippen LogP contribution in [0.15, 0.2) is 41.9 Å². The molecule has 0 unspecified atom stereocenters. The lowest BCUT2D eigenvalue weighted by Crippen LogP contribution is -2.42. The second kappa shape index (κ2) is 6.76. The van der Waals surface area contributed by atoms with Crippen LogP contribution in [-0.4, -0.2) is 38.0 Å². The number of nitrogens with one attached hydrogen (secondary N) is 2. The first-order chi connectivity index (χ1) is 13.0. The number of nitrogens with zero attached hydrogens (tertiary/aromatic N) is 2. The van der Waals surface area contributed by atoms with E-state index in [1.54, 1.807) is 23.7 Å². The normalized spacial score (nSPS) is 12.3. The van der Waals surface area contributed by atoms with Crippen LogP contribution in [0.4, 0.5) is 4.39 Å². The Morgan fingerprint density at radius 3 is 2.89 bits per heavy atom. The fourth-order valence-electron chi connectivity index (χ4n) is 2.77. The summed E-state index contributed by atoms with van der Waals surface area (Å²) in [7, 11) is 0. The number of rotatable bonds is 5. The number of benzene rings is 2. The number of carboxylic acid groups (broad SMARTS) is 1. The number of aromatic amines is 1. The van der Waals surface area contributed by atoms with Gasteiger partial charge in [-0.05, 0) is 36.4 Å². The lowest BCUT2D eigenvalue weighted by atomic mass is 10.1. The minimum Gasteiger partial charge on any atom is -0.480 e. The van der Waals surface area contributed by atoms with Crippen molar-refractivity contribution in [1.82, 2.24) is 20.3 Å². The van der Waals surface area contributed by atoms with Gasteiger partial charge in [-0.15, -0.1) is 11.3 Å². The minimum atomic E-state index is -1.19. The highest BCUT2D eigenvalue weighted by molar-refractivity contribution is 7.16. The smallest absolute Gasteiger partial charge is 0.326 e. The van der Waals surface area contributed by atoms with Crippen LogP contribution < -0.4 is 5.32 Å². The molecule has 2 aromatic carbocycles. The Morgan fingerprint density at radius 1 is 1.22 bits per heavy atom. The van der Waals surface area contributed by atoms with Gasteiger partial charge in [-0.3, -0.25) is 4.79 Å². The van der Waals surface area contributed by atoms with Gasteiger partial charge in [-0.1, -0.05) is 0 Å². The second-order valence-corrected chi connectivity index (χ2v) is 6.83. The Morgan fingerprint density at radius 2 is 2.07 bits per heavy atom. The molecule has 0 saturated heterocycles. The summed E-state index contributed by atoms with van der Waals surface area (Å²) in [6, 6.07) is 7.88. The first kappa shape index (κ1) is 17.1. The number of aromatic nitrogens is 3. The number of H-pyrrole nitrogens is 1. The van der Waals surface area contributed by atoms with Gasteiger partial charge in [0.05, 0.1) is 26.8 Å². The molecule has 1 atom stereocenters. The van der Waals surface area contributed by atoms with Crippen LogP contribution >= 0.6 is 11.3 Å². The highest BCUT2D eigenvalue weighted by atomic mass is 32.1. The summed E-state index contributed by atoms with van der Waals surface area (Å²) in [4.78, 5) is 35.3. The van der Waals surface area contributed by atoms with Gasteiger partial charge in [0.25, 0.3) is 5.91 Å². The van der Waals surface area contributed by atoms with Gasteiger partial charge in [0, 0.05) is 12.0 Å². The molecule has 0 aliphatic rings. The average Bonchev–Trinajstić information content (AvgIpc) is 3.25. The third kappa shape index (κ3) is 3.49.